The lowest BCUT2D eigenvalue weighted by molar-refractivity contribution is 0.474. The van der Waals surface area contributed by atoms with Crippen molar-refractivity contribution in [3.8, 4) is 11.5 Å². The van der Waals surface area contributed by atoms with E-state index in [1.54, 1.807) is 0 Å². The molecule has 0 heterocycles. The van der Waals surface area contributed by atoms with E-state index in [1.165, 1.54) is 12.1 Å². The van der Waals surface area contributed by atoms with Crippen LogP contribution in [0.4, 0.5) is 5.69 Å². The average Bonchev–Trinajstić information content (AvgIpc) is 2.27. The SMILES string of the molecule is O=Nc1cc(S(=O)(=O)O)c2cc(O)ccc2c1O. The molecule has 0 saturated carbocycles. The third-order valence-corrected chi connectivity index (χ3v) is 3.30. The second kappa shape index (κ2) is 3.93. The molecule has 0 aliphatic heterocycles. The van der Waals surface area contributed by atoms with Gasteiger partial charge >= 0.3 is 0 Å². The van der Waals surface area contributed by atoms with Crippen LogP contribution in [0, 0.1) is 4.91 Å². The predicted molar refractivity (Wildman–Crippen MR) is 62.5 cm³/mol. The van der Waals surface area contributed by atoms with Gasteiger partial charge in [-0.05, 0) is 29.4 Å². The summed E-state index contributed by atoms with van der Waals surface area (Å²) in [4.78, 5) is 9.87. The highest BCUT2D eigenvalue weighted by atomic mass is 32.2. The average molecular weight is 269 g/mol. The number of hydrogen-bond acceptors (Lipinski definition) is 6. The highest BCUT2D eigenvalue weighted by molar-refractivity contribution is 7.86. The summed E-state index contributed by atoms with van der Waals surface area (Å²) in [5.41, 5.74) is -0.513. The number of nitroso groups, excluding NO2 is 1. The van der Waals surface area contributed by atoms with E-state index in [9.17, 15) is 23.5 Å². The second-order valence-electron chi connectivity index (χ2n) is 3.54. The lowest BCUT2D eigenvalue weighted by Gasteiger charge is -2.07. The molecule has 0 radical (unpaired) electrons. The number of benzene rings is 2. The highest BCUT2D eigenvalue weighted by Gasteiger charge is 2.20. The quantitative estimate of drug-likeness (QED) is 0.564. The molecule has 3 N–H and O–H groups in total. The van der Waals surface area contributed by atoms with Crippen molar-refractivity contribution in [3.63, 3.8) is 0 Å². The molecule has 0 bridgehead atoms. The Hall–Kier alpha value is -2.19. The van der Waals surface area contributed by atoms with E-state index < -0.39 is 26.5 Å². The van der Waals surface area contributed by atoms with Crippen molar-refractivity contribution in [3.05, 3.63) is 29.2 Å². The van der Waals surface area contributed by atoms with Crippen LogP contribution >= 0.6 is 0 Å². The van der Waals surface area contributed by atoms with Crippen LogP contribution in [0.25, 0.3) is 10.8 Å². The van der Waals surface area contributed by atoms with Crippen LogP contribution in [0.15, 0.2) is 34.3 Å². The Bertz CT molecular complexity index is 753. The fourth-order valence-corrected chi connectivity index (χ4v) is 2.34. The third kappa shape index (κ3) is 1.87. The first-order chi connectivity index (χ1) is 8.34. The summed E-state index contributed by atoms with van der Waals surface area (Å²) in [6, 6.07) is 4.19. The minimum atomic E-state index is -4.62. The Kier molecular flexibility index (Phi) is 2.68. The lowest BCUT2D eigenvalue weighted by atomic mass is 10.1. The van der Waals surface area contributed by atoms with Gasteiger partial charge in [-0.15, -0.1) is 4.91 Å². The number of phenols is 2. The van der Waals surface area contributed by atoms with E-state index >= 15 is 0 Å². The minimum absolute atomic E-state index is 0.0162. The van der Waals surface area contributed by atoms with Crippen molar-refractivity contribution in [2.75, 3.05) is 0 Å². The Morgan fingerprint density at radius 3 is 2.28 bits per heavy atom. The van der Waals surface area contributed by atoms with E-state index in [1.807, 2.05) is 0 Å². The van der Waals surface area contributed by atoms with Crippen molar-refractivity contribution >= 4 is 26.6 Å². The van der Waals surface area contributed by atoms with E-state index in [0.717, 1.165) is 12.1 Å². The molecule has 0 fully saturated rings. The zero-order chi connectivity index (χ0) is 13.5. The van der Waals surface area contributed by atoms with Gasteiger partial charge in [0.2, 0.25) is 0 Å². The minimum Gasteiger partial charge on any atom is -0.508 e. The maximum absolute atomic E-state index is 11.2. The van der Waals surface area contributed by atoms with Gasteiger partial charge in [0.05, 0.1) is 0 Å². The summed E-state index contributed by atoms with van der Waals surface area (Å²) in [7, 11) is -4.62. The largest absolute Gasteiger partial charge is 0.508 e. The Morgan fingerprint density at radius 2 is 1.72 bits per heavy atom. The second-order valence-corrected chi connectivity index (χ2v) is 4.93. The van der Waals surface area contributed by atoms with E-state index in [0.29, 0.717) is 0 Å². The molecule has 0 spiro atoms. The number of fused-ring (bicyclic) bond motifs is 1. The molecule has 0 unspecified atom stereocenters. The summed E-state index contributed by atoms with van der Waals surface area (Å²) in [5.74, 6) is -0.772. The van der Waals surface area contributed by atoms with Crippen molar-refractivity contribution in [1.82, 2.24) is 0 Å². The molecule has 2 aromatic rings. The highest BCUT2D eigenvalue weighted by Crippen LogP contribution is 2.39. The van der Waals surface area contributed by atoms with E-state index in [2.05, 4.69) is 5.18 Å². The molecule has 7 nitrogen and oxygen atoms in total. The van der Waals surface area contributed by atoms with Gasteiger partial charge in [0.25, 0.3) is 10.1 Å². The first-order valence-corrected chi connectivity index (χ1v) is 6.08. The van der Waals surface area contributed by atoms with Crippen molar-refractivity contribution in [2.24, 2.45) is 5.18 Å². The Morgan fingerprint density at radius 1 is 1.06 bits per heavy atom. The number of hydrogen-bond donors (Lipinski definition) is 3. The number of nitrogens with zero attached hydrogens (tertiary/aromatic N) is 1. The van der Waals surface area contributed by atoms with Crippen LogP contribution in [0.1, 0.15) is 0 Å². The molecule has 2 aromatic carbocycles. The van der Waals surface area contributed by atoms with Gasteiger partial charge in [-0.25, -0.2) is 0 Å². The van der Waals surface area contributed by atoms with Gasteiger partial charge in [-0.1, -0.05) is 0 Å². The fourth-order valence-electron chi connectivity index (χ4n) is 1.63. The summed E-state index contributed by atoms with van der Waals surface area (Å²) >= 11 is 0. The standard InChI is InChI=1S/C10H7NO6S/c12-5-1-2-6-7(3-5)9(18(15,16)17)4-8(11-14)10(6)13/h1-4,12-13H,(H,15,16,17). The molecule has 0 aliphatic rings. The molecule has 18 heavy (non-hydrogen) atoms. The van der Waals surface area contributed by atoms with Gasteiger partial charge < -0.3 is 10.2 Å². The number of rotatable bonds is 2. The monoisotopic (exact) mass is 269 g/mol. The third-order valence-electron chi connectivity index (χ3n) is 2.41. The summed E-state index contributed by atoms with van der Waals surface area (Å²) in [6.45, 7) is 0. The smallest absolute Gasteiger partial charge is 0.295 e. The van der Waals surface area contributed by atoms with Crippen LogP contribution in [0.2, 0.25) is 0 Å². The van der Waals surface area contributed by atoms with Gasteiger partial charge in [0.15, 0.2) is 11.4 Å². The summed E-state index contributed by atoms with van der Waals surface area (Å²) in [5, 5.41) is 21.3. The summed E-state index contributed by atoms with van der Waals surface area (Å²) < 4.78 is 31.4. The van der Waals surface area contributed by atoms with Gasteiger partial charge in [0, 0.05) is 10.8 Å². The first-order valence-electron chi connectivity index (χ1n) is 4.64. The van der Waals surface area contributed by atoms with Gasteiger partial charge in [0.1, 0.15) is 10.6 Å². The Labute approximate surface area is 101 Å². The zero-order valence-electron chi connectivity index (χ0n) is 8.73. The molecule has 0 aromatic heterocycles. The first kappa shape index (κ1) is 12.3. The predicted octanol–water partition coefficient (Wildman–Crippen LogP) is 1.90. The topological polar surface area (TPSA) is 124 Å². The van der Waals surface area contributed by atoms with E-state index in [-0.39, 0.29) is 16.5 Å². The van der Waals surface area contributed by atoms with Crippen LogP contribution in [-0.4, -0.2) is 23.2 Å². The normalized spacial score (nSPS) is 11.6. The molecule has 0 aliphatic carbocycles. The van der Waals surface area contributed by atoms with Crippen molar-refractivity contribution in [2.45, 2.75) is 4.90 Å². The van der Waals surface area contributed by atoms with Crippen LogP contribution in [0.3, 0.4) is 0 Å². The maximum Gasteiger partial charge on any atom is 0.295 e. The molecule has 0 atom stereocenters. The molecule has 94 valence electrons. The zero-order valence-corrected chi connectivity index (χ0v) is 9.55. The number of aromatic hydroxyl groups is 2. The Balaban J connectivity index is 3.05. The molecular weight excluding hydrogens is 262 g/mol. The maximum atomic E-state index is 11.2. The van der Waals surface area contributed by atoms with Crippen LogP contribution < -0.4 is 0 Å². The van der Waals surface area contributed by atoms with Crippen LogP contribution in [0.5, 0.6) is 11.5 Å². The number of phenolic OH excluding ortho intramolecular Hbond substituents is 2. The fraction of sp³-hybridized carbons (Fsp3) is 0. The summed E-state index contributed by atoms with van der Waals surface area (Å²) in [6.07, 6.45) is 0. The van der Waals surface area contributed by atoms with Crippen molar-refractivity contribution in [1.29, 1.82) is 0 Å². The molecular formula is C10H7NO6S. The van der Waals surface area contributed by atoms with E-state index in [4.69, 9.17) is 4.55 Å². The molecule has 8 heteroatoms. The molecule has 2 rings (SSSR count). The molecule has 0 amide bonds. The van der Waals surface area contributed by atoms with Crippen LogP contribution in [-0.2, 0) is 10.1 Å². The van der Waals surface area contributed by atoms with Gasteiger partial charge in [-0.3, -0.25) is 4.55 Å². The molecule has 0 saturated heterocycles. The lowest BCUT2D eigenvalue weighted by Crippen LogP contribution is -1.99. The van der Waals surface area contributed by atoms with Crippen molar-refractivity contribution < 1.29 is 23.2 Å². The van der Waals surface area contributed by atoms with Gasteiger partial charge in [-0.2, -0.15) is 8.42 Å².